The van der Waals surface area contributed by atoms with Crippen molar-refractivity contribution >= 4 is 17.1 Å². The summed E-state index contributed by atoms with van der Waals surface area (Å²) in [4.78, 5) is 17.9. The summed E-state index contributed by atoms with van der Waals surface area (Å²) in [6.07, 6.45) is -6.42. The maximum atomic E-state index is 14.1. The van der Waals surface area contributed by atoms with Crippen LogP contribution in [-0.4, -0.2) is 21.2 Å². The van der Waals surface area contributed by atoms with Crippen molar-refractivity contribution in [1.29, 1.82) is 0 Å². The minimum atomic E-state index is -4.69. The van der Waals surface area contributed by atoms with Gasteiger partial charge in [-0.2, -0.15) is 13.2 Å². The second kappa shape index (κ2) is 6.86. The SMILES string of the molecule is O=C(O)NC(Cc1ccc(C(F)(F)F)cc1F)c1nc2cc(F)ccc2[nH]1. The van der Waals surface area contributed by atoms with Crippen LogP contribution in [0.5, 0.6) is 0 Å². The molecule has 1 aromatic heterocycles. The van der Waals surface area contributed by atoms with Gasteiger partial charge >= 0.3 is 12.3 Å². The van der Waals surface area contributed by atoms with Crippen LogP contribution in [-0.2, 0) is 12.6 Å². The van der Waals surface area contributed by atoms with E-state index in [1.807, 2.05) is 0 Å². The smallest absolute Gasteiger partial charge is 0.416 e. The highest BCUT2D eigenvalue weighted by Crippen LogP contribution is 2.31. The molecule has 3 N–H and O–H groups in total. The van der Waals surface area contributed by atoms with Gasteiger partial charge in [0.15, 0.2) is 0 Å². The first-order valence-electron chi connectivity index (χ1n) is 7.64. The zero-order valence-corrected chi connectivity index (χ0v) is 13.4. The number of fused-ring (bicyclic) bond motifs is 1. The topological polar surface area (TPSA) is 78.0 Å². The Morgan fingerprint density at radius 1 is 1.19 bits per heavy atom. The molecule has 1 atom stereocenters. The van der Waals surface area contributed by atoms with Crippen LogP contribution in [0.3, 0.4) is 0 Å². The van der Waals surface area contributed by atoms with E-state index in [1.54, 1.807) is 0 Å². The molecule has 5 nitrogen and oxygen atoms in total. The van der Waals surface area contributed by atoms with Gasteiger partial charge in [0.25, 0.3) is 0 Å². The number of H-pyrrole nitrogens is 1. The van der Waals surface area contributed by atoms with Crippen molar-refractivity contribution in [1.82, 2.24) is 15.3 Å². The molecule has 27 heavy (non-hydrogen) atoms. The Hall–Kier alpha value is -3.17. The summed E-state index contributed by atoms with van der Waals surface area (Å²) in [5.41, 5.74) is -0.620. The maximum Gasteiger partial charge on any atom is 0.416 e. The summed E-state index contributed by atoms with van der Waals surface area (Å²) in [6.45, 7) is 0. The van der Waals surface area contributed by atoms with Crippen molar-refractivity contribution in [3.05, 3.63) is 65.0 Å². The molecule has 3 rings (SSSR count). The minimum Gasteiger partial charge on any atom is -0.465 e. The molecule has 10 heteroatoms. The van der Waals surface area contributed by atoms with Crippen LogP contribution < -0.4 is 5.32 Å². The summed E-state index contributed by atoms with van der Waals surface area (Å²) in [5.74, 6) is -1.58. The fourth-order valence-electron chi connectivity index (χ4n) is 2.64. The van der Waals surface area contributed by atoms with E-state index in [-0.39, 0.29) is 23.3 Å². The van der Waals surface area contributed by atoms with Crippen LogP contribution in [0.4, 0.5) is 26.7 Å². The van der Waals surface area contributed by atoms with Crippen molar-refractivity contribution in [2.45, 2.75) is 18.6 Å². The Morgan fingerprint density at radius 3 is 2.56 bits per heavy atom. The van der Waals surface area contributed by atoms with Crippen LogP contribution in [0, 0.1) is 11.6 Å². The van der Waals surface area contributed by atoms with Gasteiger partial charge in [-0.3, -0.25) is 0 Å². The fraction of sp³-hybridized carbons (Fsp3) is 0.176. The van der Waals surface area contributed by atoms with Gasteiger partial charge in [0.05, 0.1) is 22.6 Å². The number of imidazole rings is 1. The average Bonchev–Trinajstić information content (AvgIpc) is 2.97. The van der Waals surface area contributed by atoms with E-state index >= 15 is 0 Å². The van der Waals surface area contributed by atoms with Gasteiger partial charge in [0.2, 0.25) is 0 Å². The predicted molar refractivity (Wildman–Crippen MR) is 85.1 cm³/mol. The average molecular weight is 385 g/mol. The summed E-state index contributed by atoms with van der Waals surface area (Å²) in [5, 5.41) is 11.1. The summed E-state index contributed by atoms with van der Waals surface area (Å²) in [7, 11) is 0. The lowest BCUT2D eigenvalue weighted by Crippen LogP contribution is -2.29. The number of hydrogen-bond donors (Lipinski definition) is 3. The first-order chi connectivity index (χ1) is 12.6. The Labute approximate surface area is 148 Å². The number of carbonyl (C=O) groups is 1. The van der Waals surface area contributed by atoms with Gasteiger partial charge in [0.1, 0.15) is 17.5 Å². The highest BCUT2D eigenvalue weighted by atomic mass is 19.4. The van der Waals surface area contributed by atoms with Gasteiger partial charge in [0, 0.05) is 12.5 Å². The lowest BCUT2D eigenvalue weighted by atomic mass is 10.0. The number of nitrogens with one attached hydrogen (secondary N) is 2. The van der Waals surface area contributed by atoms with Gasteiger partial charge in [-0.05, 0) is 29.8 Å². The lowest BCUT2D eigenvalue weighted by Gasteiger charge is -2.16. The van der Waals surface area contributed by atoms with Crippen LogP contribution in [0.2, 0.25) is 0 Å². The Kier molecular flexibility index (Phi) is 4.73. The maximum absolute atomic E-state index is 14.1. The molecule has 0 aliphatic rings. The molecule has 0 spiro atoms. The van der Waals surface area contributed by atoms with Crippen molar-refractivity contribution in [2.75, 3.05) is 0 Å². The number of aromatic amines is 1. The monoisotopic (exact) mass is 385 g/mol. The molecule has 1 amide bonds. The first-order valence-corrected chi connectivity index (χ1v) is 7.64. The zero-order valence-electron chi connectivity index (χ0n) is 13.4. The summed E-state index contributed by atoms with van der Waals surface area (Å²) >= 11 is 0. The molecule has 0 radical (unpaired) electrons. The normalized spacial score (nSPS) is 12.9. The van der Waals surface area contributed by atoms with E-state index in [1.165, 1.54) is 12.1 Å². The number of carboxylic acid groups (broad SMARTS) is 1. The van der Waals surface area contributed by atoms with Crippen LogP contribution in [0.25, 0.3) is 11.0 Å². The van der Waals surface area contributed by atoms with Crippen molar-refractivity contribution in [2.24, 2.45) is 0 Å². The van der Waals surface area contributed by atoms with Gasteiger partial charge in [-0.1, -0.05) is 6.07 Å². The third-order valence-corrected chi connectivity index (χ3v) is 3.90. The third kappa shape index (κ3) is 4.15. The first kappa shape index (κ1) is 18.6. The number of halogens is 5. The second-order valence-electron chi connectivity index (χ2n) is 5.79. The molecule has 0 aliphatic heterocycles. The van der Waals surface area contributed by atoms with Gasteiger partial charge < -0.3 is 15.4 Å². The Morgan fingerprint density at radius 2 is 1.93 bits per heavy atom. The van der Waals surface area contributed by atoms with E-state index in [0.717, 1.165) is 12.1 Å². The fourth-order valence-corrected chi connectivity index (χ4v) is 2.64. The quantitative estimate of drug-likeness (QED) is 0.582. The number of hydrogen-bond acceptors (Lipinski definition) is 2. The number of benzene rings is 2. The number of rotatable bonds is 4. The molecule has 0 aliphatic carbocycles. The molecule has 0 saturated heterocycles. The Bertz CT molecular complexity index is 1000. The van der Waals surface area contributed by atoms with Gasteiger partial charge in [-0.25, -0.2) is 18.6 Å². The lowest BCUT2D eigenvalue weighted by molar-refractivity contribution is -0.137. The molecular formula is C17H12F5N3O2. The standard InChI is InChI=1S/C17H12F5N3O2/c18-10-3-4-12-13(7-10)24-15(23-12)14(25-16(26)27)5-8-1-2-9(6-11(8)19)17(20,21)22/h1-4,6-7,14,25H,5H2,(H,23,24)(H,26,27). The number of aromatic nitrogens is 2. The second-order valence-corrected chi connectivity index (χ2v) is 5.79. The van der Waals surface area contributed by atoms with E-state index in [9.17, 15) is 26.7 Å². The molecule has 0 bridgehead atoms. The van der Waals surface area contributed by atoms with E-state index in [4.69, 9.17) is 5.11 Å². The largest absolute Gasteiger partial charge is 0.465 e. The molecule has 2 aromatic carbocycles. The number of nitrogens with zero attached hydrogens (tertiary/aromatic N) is 1. The highest BCUT2D eigenvalue weighted by molar-refractivity contribution is 5.75. The highest BCUT2D eigenvalue weighted by Gasteiger charge is 2.31. The van der Waals surface area contributed by atoms with Gasteiger partial charge in [-0.15, -0.1) is 0 Å². The zero-order chi connectivity index (χ0) is 19.8. The Balaban J connectivity index is 1.94. The van der Waals surface area contributed by atoms with Crippen LogP contribution in [0.1, 0.15) is 23.0 Å². The summed E-state index contributed by atoms with van der Waals surface area (Å²) in [6, 6.07) is 4.63. The molecule has 142 valence electrons. The molecule has 0 fully saturated rings. The summed E-state index contributed by atoms with van der Waals surface area (Å²) < 4.78 is 65.3. The van der Waals surface area contributed by atoms with Crippen molar-refractivity contribution < 1.29 is 31.9 Å². The van der Waals surface area contributed by atoms with E-state index in [2.05, 4.69) is 15.3 Å². The van der Waals surface area contributed by atoms with Crippen LogP contribution in [0.15, 0.2) is 36.4 Å². The van der Waals surface area contributed by atoms with E-state index < -0.39 is 35.5 Å². The molecule has 0 saturated carbocycles. The van der Waals surface area contributed by atoms with Crippen molar-refractivity contribution in [3.8, 4) is 0 Å². The molecule has 3 aromatic rings. The predicted octanol–water partition coefficient (Wildman–Crippen LogP) is 4.41. The van der Waals surface area contributed by atoms with E-state index in [0.29, 0.717) is 17.6 Å². The third-order valence-electron chi connectivity index (χ3n) is 3.90. The minimum absolute atomic E-state index is 0.0808. The molecule has 1 unspecified atom stereocenters. The van der Waals surface area contributed by atoms with Crippen LogP contribution >= 0.6 is 0 Å². The number of amides is 1. The van der Waals surface area contributed by atoms with Crippen molar-refractivity contribution in [3.63, 3.8) is 0 Å². The number of alkyl halides is 3. The molecule has 1 heterocycles. The molecular weight excluding hydrogens is 373 g/mol.